The average Bonchev–Trinajstić information content (AvgIpc) is 3.03. The second-order valence-electron chi connectivity index (χ2n) is 5.89. The number of methoxy groups -OCH3 is 1. The molecule has 30 heavy (non-hydrogen) atoms. The van der Waals surface area contributed by atoms with Crippen LogP contribution in [0.15, 0.2) is 45.5 Å². The predicted octanol–water partition coefficient (Wildman–Crippen LogP) is 4.29. The van der Waals surface area contributed by atoms with Gasteiger partial charge in [0.25, 0.3) is 5.69 Å². The third kappa shape index (κ3) is 4.50. The van der Waals surface area contributed by atoms with Crippen LogP contribution in [0.5, 0.6) is 11.5 Å². The van der Waals surface area contributed by atoms with Gasteiger partial charge in [-0.25, -0.2) is 9.79 Å². The number of hydrogen-bond acceptors (Lipinski definition) is 8. The smallest absolute Gasteiger partial charge is 0.363 e. The van der Waals surface area contributed by atoms with Crippen LogP contribution in [0.1, 0.15) is 18.1 Å². The minimum atomic E-state index is -0.758. The number of benzene rings is 2. The lowest BCUT2D eigenvalue weighted by Gasteiger charge is -2.11. The van der Waals surface area contributed by atoms with Crippen molar-refractivity contribution >= 4 is 57.1 Å². The van der Waals surface area contributed by atoms with E-state index in [1.165, 1.54) is 44.4 Å². The van der Waals surface area contributed by atoms with Gasteiger partial charge < -0.3 is 14.2 Å². The van der Waals surface area contributed by atoms with Gasteiger partial charge >= 0.3 is 11.9 Å². The van der Waals surface area contributed by atoms with E-state index in [1.54, 1.807) is 6.07 Å². The summed E-state index contributed by atoms with van der Waals surface area (Å²) in [6.07, 6.45) is 1.42. The highest BCUT2D eigenvalue weighted by atomic mass is 79.9. The molecule has 1 heterocycles. The van der Waals surface area contributed by atoms with E-state index in [0.29, 0.717) is 10.0 Å². The maximum absolute atomic E-state index is 12.2. The Kier molecular flexibility index (Phi) is 6.18. The molecule has 0 N–H and O–H groups in total. The summed E-state index contributed by atoms with van der Waals surface area (Å²) < 4.78 is 15.9. The summed E-state index contributed by atoms with van der Waals surface area (Å²) in [5.41, 5.74) is 0.338. The number of nitro benzene ring substituents is 1. The molecule has 9 nitrogen and oxygen atoms in total. The molecule has 154 valence electrons. The Bertz CT molecular complexity index is 1140. The molecule has 0 atom stereocenters. The molecule has 0 amide bonds. The van der Waals surface area contributed by atoms with Gasteiger partial charge in [0.15, 0.2) is 17.2 Å². The first-order chi connectivity index (χ1) is 14.2. The molecule has 1 aliphatic heterocycles. The Morgan fingerprint density at radius 2 is 2.07 bits per heavy atom. The van der Waals surface area contributed by atoms with Crippen LogP contribution in [-0.2, 0) is 14.3 Å². The van der Waals surface area contributed by atoms with Crippen LogP contribution in [0.2, 0.25) is 5.02 Å². The van der Waals surface area contributed by atoms with Gasteiger partial charge in [0.05, 0.1) is 27.1 Å². The Morgan fingerprint density at radius 1 is 1.33 bits per heavy atom. The molecule has 0 bridgehead atoms. The minimum absolute atomic E-state index is 0.0539. The number of nitrogens with zero attached hydrogens (tertiary/aromatic N) is 2. The van der Waals surface area contributed by atoms with Gasteiger partial charge in [0.2, 0.25) is 5.90 Å². The minimum Gasteiger partial charge on any atom is -0.493 e. The van der Waals surface area contributed by atoms with E-state index in [-0.39, 0.29) is 39.4 Å². The Hall–Kier alpha value is -3.24. The van der Waals surface area contributed by atoms with Crippen LogP contribution in [0.25, 0.3) is 6.08 Å². The fourth-order valence-corrected chi connectivity index (χ4v) is 3.28. The number of halogens is 2. The van der Waals surface area contributed by atoms with E-state index in [0.717, 1.165) is 0 Å². The van der Waals surface area contributed by atoms with Gasteiger partial charge in [-0.1, -0.05) is 11.6 Å². The molecule has 3 rings (SSSR count). The van der Waals surface area contributed by atoms with E-state index in [4.69, 9.17) is 25.8 Å². The number of carbonyl (C=O) groups is 2. The van der Waals surface area contributed by atoms with Crippen molar-refractivity contribution in [3.63, 3.8) is 0 Å². The van der Waals surface area contributed by atoms with Gasteiger partial charge in [0.1, 0.15) is 0 Å². The Labute approximate surface area is 183 Å². The summed E-state index contributed by atoms with van der Waals surface area (Å²) in [4.78, 5) is 38.0. The molecule has 0 fully saturated rings. The SMILES string of the molecule is COc1cc(/C=C2\N=C(c3cc([N+](=O)[O-])ccc3Cl)OC2=O)cc(Br)c1OC(C)=O. The zero-order valence-corrected chi connectivity index (χ0v) is 17.8. The van der Waals surface area contributed by atoms with Crippen LogP contribution >= 0.6 is 27.5 Å². The Morgan fingerprint density at radius 3 is 2.70 bits per heavy atom. The maximum atomic E-state index is 12.2. The van der Waals surface area contributed by atoms with Gasteiger partial charge in [0, 0.05) is 19.1 Å². The van der Waals surface area contributed by atoms with Crippen molar-refractivity contribution in [2.45, 2.75) is 6.92 Å². The molecule has 0 radical (unpaired) electrons. The van der Waals surface area contributed by atoms with Crippen molar-refractivity contribution in [1.82, 2.24) is 0 Å². The number of aliphatic imine (C=N–C) groups is 1. The van der Waals surface area contributed by atoms with E-state index in [9.17, 15) is 19.7 Å². The van der Waals surface area contributed by atoms with Crippen LogP contribution in [0.3, 0.4) is 0 Å². The average molecular weight is 496 g/mol. The molecule has 0 saturated carbocycles. The number of ether oxygens (including phenoxy) is 3. The quantitative estimate of drug-likeness (QED) is 0.200. The number of cyclic esters (lactones) is 1. The summed E-state index contributed by atoms with van der Waals surface area (Å²) in [5.74, 6) is -0.991. The van der Waals surface area contributed by atoms with Crippen LogP contribution in [0.4, 0.5) is 5.69 Å². The topological polar surface area (TPSA) is 117 Å². The molecule has 0 aromatic heterocycles. The number of carbonyl (C=O) groups excluding carboxylic acids is 2. The lowest BCUT2D eigenvalue weighted by atomic mass is 10.1. The molecule has 2 aromatic rings. The monoisotopic (exact) mass is 494 g/mol. The third-order valence-corrected chi connectivity index (χ3v) is 4.73. The van der Waals surface area contributed by atoms with Gasteiger partial charge in [-0.3, -0.25) is 14.9 Å². The first kappa shape index (κ1) is 21.5. The summed E-state index contributed by atoms with van der Waals surface area (Å²) in [6.45, 7) is 1.26. The fraction of sp³-hybridized carbons (Fsp3) is 0.105. The number of hydrogen-bond donors (Lipinski definition) is 0. The first-order valence-electron chi connectivity index (χ1n) is 8.22. The number of rotatable bonds is 5. The highest BCUT2D eigenvalue weighted by Crippen LogP contribution is 2.38. The predicted molar refractivity (Wildman–Crippen MR) is 111 cm³/mol. The van der Waals surface area contributed by atoms with Gasteiger partial charge in [-0.15, -0.1) is 0 Å². The lowest BCUT2D eigenvalue weighted by Crippen LogP contribution is -2.06. The first-order valence-corrected chi connectivity index (χ1v) is 9.39. The van der Waals surface area contributed by atoms with E-state index in [2.05, 4.69) is 20.9 Å². The molecule has 11 heteroatoms. The highest BCUT2D eigenvalue weighted by Gasteiger charge is 2.27. The maximum Gasteiger partial charge on any atom is 0.363 e. The molecule has 0 spiro atoms. The number of nitro groups is 1. The van der Waals surface area contributed by atoms with Crippen molar-refractivity contribution in [2.24, 2.45) is 4.99 Å². The van der Waals surface area contributed by atoms with E-state index in [1.807, 2.05) is 0 Å². The molecule has 2 aromatic carbocycles. The summed E-state index contributed by atoms with van der Waals surface area (Å²) in [7, 11) is 1.40. The van der Waals surface area contributed by atoms with Crippen LogP contribution < -0.4 is 9.47 Å². The lowest BCUT2D eigenvalue weighted by molar-refractivity contribution is -0.384. The third-order valence-electron chi connectivity index (χ3n) is 3.81. The zero-order valence-electron chi connectivity index (χ0n) is 15.5. The van der Waals surface area contributed by atoms with E-state index >= 15 is 0 Å². The summed E-state index contributed by atoms with van der Waals surface area (Å²) in [6, 6.07) is 6.86. The van der Waals surface area contributed by atoms with Gasteiger partial charge in [-0.2, -0.15) is 0 Å². The van der Waals surface area contributed by atoms with Crippen LogP contribution in [-0.4, -0.2) is 29.9 Å². The molecule has 0 unspecified atom stereocenters. The molecular formula is C19H12BrClN2O7. The van der Waals surface area contributed by atoms with Gasteiger partial charge in [-0.05, 0) is 45.8 Å². The summed E-state index contributed by atoms with van der Waals surface area (Å²) >= 11 is 9.37. The largest absolute Gasteiger partial charge is 0.493 e. The Balaban J connectivity index is 2.01. The summed E-state index contributed by atoms with van der Waals surface area (Å²) in [5, 5.41) is 11.1. The molecule has 0 aliphatic carbocycles. The normalized spacial score (nSPS) is 14.3. The van der Waals surface area contributed by atoms with Crippen LogP contribution in [0, 0.1) is 10.1 Å². The molecule has 1 aliphatic rings. The second-order valence-corrected chi connectivity index (χ2v) is 7.15. The molecular weight excluding hydrogens is 484 g/mol. The number of esters is 2. The standard InChI is InChI=1S/C19H12BrClN2O7/c1-9(24)29-17-13(20)5-10(7-16(17)28-2)6-15-19(25)30-18(22-15)12-8-11(23(26)27)3-4-14(12)21/h3-8H,1-2H3/b15-6-. The van der Waals surface area contributed by atoms with Crippen molar-refractivity contribution in [1.29, 1.82) is 0 Å². The van der Waals surface area contributed by atoms with Crippen molar-refractivity contribution in [3.05, 3.63) is 66.8 Å². The zero-order chi connectivity index (χ0) is 22.0. The highest BCUT2D eigenvalue weighted by molar-refractivity contribution is 9.10. The van der Waals surface area contributed by atoms with Crippen molar-refractivity contribution < 1.29 is 28.7 Å². The number of non-ortho nitro benzene ring substituents is 1. The van der Waals surface area contributed by atoms with E-state index < -0.39 is 16.9 Å². The van der Waals surface area contributed by atoms with Crippen molar-refractivity contribution in [2.75, 3.05) is 7.11 Å². The second kappa shape index (κ2) is 8.64. The van der Waals surface area contributed by atoms with Crippen molar-refractivity contribution in [3.8, 4) is 11.5 Å². The molecule has 0 saturated heterocycles. The fourth-order valence-electron chi connectivity index (χ4n) is 2.54.